The maximum absolute atomic E-state index is 12.4. The van der Waals surface area contributed by atoms with Crippen molar-refractivity contribution in [1.82, 2.24) is 9.88 Å². The van der Waals surface area contributed by atoms with Gasteiger partial charge in [-0.2, -0.15) is 0 Å². The third-order valence-electron chi connectivity index (χ3n) is 3.67. The molecule has 0 aromatic carbocycles. The Morgan fingerprint density at radius 2 is 2.16 bits per heavy atom. The molecule has 0 bridgehead atoms. The van der Waals surface area contributed by atoms with Gasteiger partial charge in [0.05, 0.1) is 10.6 Å². The predicted octanol–water partition coefficient (Wildman–Crippen LogP) is 2.43. The van der Waals surface area contributed by atoms with Crippen LogP contribution in [-0.2, 0) is 0 Å². The third-order valence-corrected chi connectivity index (χ3v) is 3.96. The number of hydrazine groups is 1. The summed E-state index contributed by atoms with van der Waals surface area (Å²) in [7, 11) is 1.85. The molecule has 2 rings (SSSR count). The quantitative estimate of drug-likeness (QED) is 0.660. The molecule has 0 atom stereocenters. The van der Waals surface area contributed by atoms with Crippen molar-refractivity contribution in [3.05, 3.63) is 22.8 Å². The molecule has 104 valence electrons. The summed E-state index contributed by atoms with van der Waals surface area (Å²) in [5.74, 6) is 5.60. The van der Waals surface area contributed by atoms with Crippen LogP contribution >= 0.6 is 11.6 Å². The number of carbonyl (C=O) groups is 1. The zero-order valence-corrected chi connectivity index (χ0v) is 11.8. The molecule has 0 unspecified atom stereocenters. The number of nitrogens with one attached hydrogen (secondary N) is 1. The van der Waals surface area contributed by atoms with Crippen LogP contribution in [0.15, 0.2) is 12.3 Å². The van der Waals surface area contributed by atoms with E-state index in [1.165, 1.54) is 25.5 Å². The number of nitrogens with two attached hydrogens (primary N) is 1. The van der Waals surface area contributed by atoms with E-state index in [1.54, 1.807) is 6.07 Å². The van der Waals surface area contributed by atoms with E-state index in [2.05, 4.69) is 10.4 Å². The maximum Gasteiger partial charge on any atom is 0.255 e. The number of rotatable bonds is 3. The molecule has 1 aromatic heterocycles. The second kappa shape index (κ2) is 6.21. The van der Waals surface area contributed by atoms with Crippen LogP contribution < -0.4 is 11.3 Å². The van der Waals surface area contributed by atoms with E-state index in [0.29, 0.717) is 22.4 Å². The fraction of sp³-hybridized carbons (Fsp3) is 0.538. The highest BCUT2D eigenvalue weighted by atomic mass is 35.5. The van der Waals surface area contributed by atoms with Crippen molar-refractivity contribution in [1.29, 1.82) is 0 Å². The van der Waals surface area contributed by atoms with Gasteiger partial charge in [0, 0.05) is 19.3 Å². The van der Waals surface area contributed by atoms with Gasteiger partial charge in [-0.25, -0.2) is 10.8 Å². The van der Waals surface area contributed by atoms with Crippen molar-refractivity contribution in [3.8, 4) is 0 Å². The van der Waals surface area contributed by atoms with Crippen molar-refractivity contribution in [3.63, 3.8) is 0 Å². The molecular weight excluding hydrogens is 264 g/mol. The first-order chi connectivity index (χ1) is 9.13. The Morgan fingerprint density at radius 3 is 2.74 bits per heavy atom. The Kier molecular flexibility index (Phi) is 4.61. The molecular formula is C13H19ClN4O. The first kappa shape index (κ1) is 14.1. The number of nitrogen functional groups attached to an aromatic ring is 1. The molecule has 1 heterocycles. The number of hydrogen-bond acceptors (Lipinski definition) is 4. The summed E-state index contributed by atoms with van der Waals surface area (Å²) in [6, 6.07) is 1.93. The molecule has 0 spiro atoms. The van der Waals surface area contributed by atoms with E-state index in [1.807, 2.05) is 11.9 Å². The molecule has 0 saturated heterocycles. The van der Waals surface area contributed by atoms with Crippen LogP contribution in [0.2, 0.25) is 5.02 Å². The Labute approximate surface area is 118 Å². The Balaban J connectivity index is 2.12. The first-order valence-corrected chi connectivity index (χ1v) is 6.90. The molecule has 1 amide bonds. The summed E-state index contributed by atoms with van der Waals surface area (Å²) in [5.41, 5.74) is 2.88. The van der Waals surface area contributed by atoms with Crippen LogP contribution in [0.1, 0.15) is 42.5 Å². The molecule has 3 N–H and O–H groups in total. The zero-order valence-electron chi connectivity index (χ0n) is 11.0. The molecule has 5 nitrogen and oxygen atoms in total. The minimum absolute atomic E-state index is 0.0372. The fourth-order valence-corrected chi connectivity index (χ4v) is 2.72. The highest BCUT2D eigenvalue weighted by Gasteiger charge is 2.23. The van der Waals surface area contributed by atoms with E-state index in [4.69, 9.17) is 17.4 Å². The summed E-state index contributed by atoms with van der Waals surface area (Å²) in [5, 5.41) is 0.352. The lowest BCUT2D eigenvalue weighted by Crippen LogP contribution is -2.38. The van der Waals surface area contributed by atoms with E-state index in [-0.39, 0.29) is 5.91 Å². The normalized spacial score (nSPS) is 16.2. The van der Waals surface area contributed by atoms with Gasteiger partial charge in [0.2, 0.25) is 0 Å². The SMILES string of the molecule is CN(C(=O)c1cnc(NN)c(Cl)c1)C1CCCCC1. The number of anilines is 1. The van der Waals surface area contributed by atoms with Gasteiger partial charge < -0.3 is 10.3 Å². The number of carbonyl (C=O) groups excluding carboxylic acids is 1. The van der Waals surface area contributed by atoms with Crippen molar-refractivity contribution in [2.75, 3.05) is 12.5 Å². The highest BCUT2D eigenvalue weighted by molar-refractivity contribution is 6.33. The first-order valence-electron chi connectivity index (χ1n) is 6.53. The number of halogens is 1. The average molecular weight is 283 g/mol. The summed E-state index contributed by atoms with van der Waals surface area (Å²) in [4.78, 5) is 18.2. The van der Waals surface area contributed by atoms with Gasteiger partial charge >= 0.3 is 0 Å². The molecule has 0 aliphatic heterocycles. The summed E-state index contributed by atoms with van der Waals surface area (Å²) in [6.07, 6.45) is 7.30. The smallest absolute Gasteiger partial charge is 0.255 e. The van der Waals surface area contributed by atoms with Gasteiger partial charge in [-0.3, -0.25) is 4.79 Å². The molecule has 1 aromatic rings. The largest absolute Gasteiger partial charge is 0.339 e. The standard InChI is InChI=1S/C13H19ClN4O/c1-18(10-5-3-2-4-6-10)13(19)9-7-11(14)12(17-15)16-8-9/h7-8,10H,2-6,15H2,1H3,(H,16,17). The molecule has 6 heteroatoms. The van der Waals surface area contributed by atoms with Gasteiger partial charge in [0.25, 0.3) is 5.91 Å². The maximum atomic E-state index is 12.4. The number of aromatic nitrogens is 1. The van der Waals surface area contributed by atoms with Crippen LogP contribution in [0.3, 0.4) is 0 Å². The lowest BCUT2D eigenvalue weighted by atomic mass is 9.94. The van der Waals surface area contributed by atoms with Gasteiger partial charge in [-0.1, -0.05) is 30.9 Å². The van der Waals surface area contributed by atoms with Crippen LogP contribution in [-0.4, -0.2) is 28.9 Å². The Bertz CT molecular complexity index is 460. The molecule has 1 saturated carbocycles. The van der Waals surface area contributed by atoms with Crippen molar-refractivity contribution in [2.24, 2.45) is 5.84 Å². The van der Waals surface area contributed by atoms with Gasteiger partial charge in [-0.15, -0.1) is 0 Å². The average Bonchev–Trinajstić information content (AvgIpc) is 2.46. The van der Waals surface area contributed by atoms with Crippen molar-refractivity contribution < 1.29 is 4.79 Å². The third kappa shape index (κ3) is 3.16. The van der Waals surface area contributed by atoms with E-state index in [0.717, 1.165) is 12.8 Å². The number of pyridine rings is 1. The number of nitrogens with zero attached hydrogens (tertiary/aromatic N) is 2. The molecule has 19 heavy (non-hydrogen) atoms. The lowest BCUT2D eigenvalue weighted by Gasteiger charge is -2.31. The second-order valence-corrected chi connectivity index (χ2v) is 5.31. The summed E-state index contributed by atoms with van der Waals surface area (Å²) >= 11 is 5.99. The minimum Gasteiger partial charge on any atom is -0.339 e. The number of amides is 1. The predicted molar refractivity (Wildman–Crippen MR) is 76.0 cm³/mol. The van der Waals surface area contributed by atoms with Gasteiger partial charge in [-0.05, 0) is 18.9 Å². The molecule has 1 fully saturated rings. The lowest BCUT2D eigenvalue weighted by molar-refractivity contribution is 0.0696. The van der Waals surface area contributed by atoms with E-state index < -0.39 is 0 Å². The summed E-state index contributed by atoms with van der Waals surface area (Å²) in [6.45, 7) is 0. The monoisotopic (exact) mass is 282 g/mol. The van der Waals surface area contributed by atoms with Crippen molar-refractivity contribution >= 4 is 23.3 Å². The molecule has 1 aliphatic carbocycles. The van der Waals surface area contributed by atoms with Crippen LogP contribution in [0.5, 0.6) is 0 Å². The zero-order chi connectivity index (χ0) is 13.8. The Hall–Kier alpha value is -1.33. The Morgan fingerprint density at radius 1 is 1.47 bits per heavy atom. The van der Waals surface area contributed by atoms with Gasteiger partial charge in [0.15, 0.2) is 5.82 Å². The van der Waals surface area contributed by atoms with Crippen molar-refractivity contribution in [2.45, 2.75) is 38.1 Å². The summed E-state index contributed by atoms with van der Waals surface area (Å²) < 4.78 is 0. The van der Waals surface area contributed by atoms with Gasteiger partial charge in [0.1, 0.15) is 0 Å². The highest BCUT2D eigenvalue weighted by Crippen LogP contribution is 2.24. The fourth-order valence-electron chi connectivity index (χ4n) is 2.50. The van der Waals surface area contributed by atoms with Crippen LogP contribution in [0.25, 0.3) is 0 Å². The van der Waals surface area contributed by atoms with E-state index >= 15 is 0 Å². The van der Waals surface area contributed by atoms with Crippen LogP contribution in [0.4, 0.5) is 5.82 Å². The number of hydrogen-bond donors (Lipinski definition) is 2. The van der Waals surface area contributed by atoms with E-state index in [9.17, 15) is 4.79 Å². The second-order valence-electron chi connectivity index (χ2n) is 4.91. The minimum atomic E-state index is -0.0372. The molecule has 0 radical (unpaired) electrons. The topological polar surface area (TPSA) is 71.2 Å². The van der Waals surface area contributed by atoms with Crippen LogP contribution in [0, 0.1) is 0 Å². The molecule has 1 aliphatic rings.